The smallest absolute Gasteiger partial charge is 0.415 e. The van der Waals surface area contributed by atoms with Crippen LogP contribution >= 0.6 is 0 Å². The topological polar surface area (TPSA) is 0 Å². The van der Waals surface area contributed by atoms with Crippen molar-refractivity contribution in [3.05, 3.63) is 6.43 Å². The Morgan fingerprint density at radius 2 is 0.615 bits per heavy atom. The molecule has 0 aromatic rings. The molecule has 0 radical (unpaired) electrons. The van der Waals surface area contributed by atoms with Crippen LogP contribution in [-0.4, -0.2) is 41.7 Å². The minimum Gasteiger partial charge on any atom is -0.415 e. The van der Waals surface area contributed by atoms with E-state index in [1.165, 1.54) is 0 Å². The first kappa shape index (κ1) is 28.7. The molecule has 0 spiro atoms. The molecule has 0 bridgehead atoms. The molecule has 0 rings (SSSR count). The van der Waals surface area contributed by atoms with E-state index in [1.807, 2.05) is 0 Å². The molecule has 0 saturated carbocycles. The van der Waals surface area contributed by atoms with Crippen molar-refractivity contribution in [2.75, 3.05) is 0 Å². The van der Waals surface area contributed by atoms with Gasteiger partial charge in [0.25, 0.3) is 5.92 Å². The standard InChI is InChI=1S/C8F17.K/c9-1(10)2(11,12)3(13,14)4(15,16)5(17,18)6(19,20)7(21,22)8(23,24)25;/q-1;+1. The van der Waals surface area contributed by atoms with Crippen molar-refractivity contribution in [2.24, 2.45) is 0 Å². The normalized spacial score (nSPS) is 15.9. The summed E-state index contributed by atoms with van der Waals surface area (Å²) in [6.45, 7) is 0. The van der Waals surface area contributed by atoms with Gasteiger partial charge >= 0.3 is 87.2 Å². The van der Waals surface area contributed by atoms with Crippen LogP contribution in [0.3, 0.4) is 0 Å². The van der Waals surface area contributed by atoms with Crippen molar-refractivity contribution in [1.82, 2.24) is 0 Å². The molecule has 0 unspecified atom stereocenters. The summed E-state index contributed by atoms with van der Waals surface area (Å²) in [6, 6.07) is 0. The summed E-state index contributed by atoms with van der Waals surface area (Å²) in [5.74, 6) is -49.4. The van der Waals surface area contributed by atoms with Gasteiger partial charge in [-0.1, -0.05) is 0 Å². The first-order valence-electron chi connectivity index (χ1n) is 4.96. The van der Waals surface area contributed by atoms with Crippen molar-refractivity contribution < 1.29 is 126 Å². The van der Waals surface area contributed by atoms with Crippen LogP contribution < -0.4 is 51.4 Å². The minimum atomic E-state index is -8.55. The van der Waals surface area contributed by atoms with Crippen LogP contribution in [0.1, 0.15) is 0 Å². The van der Waals surface area contributed by atoms with E-state index >= 15 is 0 Å². The number of halogens is 17. The van der Waals surface area contributed by atoms with Crippen LogP contribution in [0.4, 0.5) is 74.6 Å². The van der Waals surface area contributed by atoms with Gasteiger partial charge < -0.3 is 8.78 Å². The molecule has 0 nitrogen and oxygen atoms in total. The monoisotopic (exact) mass is 458 g/mol. The first-order valence-corrected chi connectivity index (χ1v) is 4.96. The zero-order chi connectivity index (χ0) is 21.1. The van der Waals surface area contributed by atoms with Crippen molar-refractivity contribution in [2.45, 2.75) is 41.7 Å². The van der Waals surface area contributed by atoms with Gasteiger partial charge in [-0.3, -0.25) is 0 Å². The summed E-state index contributed by atoms with van der Waals surface area (Å²) in [5.41, 5.74) is 0. The molecule has 0 saturated heterocycles. The first-order chi connectivity index (χ1) is 10.4. The molecule has 26 heavy (non-hydrogen) atoms. The van der Waals surface area contributed by atoms with Crippen molar-refractivity contribution in [3.63, 3.8) is 0 Å². The molecule has 0 atom stereocenters. The van der Waals surface area contributed by atoms with Gasteiger partial charge in [-0.2, -0.15) is 57.1 Å². The van der Waals surface area contributed by atoms with Gasteiger partial charge in [0.05, 0.1) is 6.43 Å². The second kappa shape index (κ2) is 7.36. The van der Waals surface area contributed by atoms with E-state index in [4.69, 9.17) is 0 Å². The van der Waals surface area contributed by atoms with Crippen LogP contribution in [0, 0.1) is 6.43 Å². The Morgan fingerprint density at radius 1 is 0.385 bits per heavy atom. The van der Waals surface area contributed by atoms with Crippen molar-refractivity contribution >= 4 is 0 Å². The summed E-state index contributed by atoms with van der Waals surface area (Å²) < 4.78 is 209. The maximum atomic E-state index is 12.7. The molecular formula is C8F17K. The molecule has 18 heteroatoms. The molecule has 0 N–H and O–H groups in total. The van der Waals surface area contributed by atoms with Gasteiger partial charge in [0, 0.05) is 0 Å². The summed E-state index contributed by atoms with van der Waals surface area (Å²) in [6.07, 6.45) is -12.8. The molecule has 0 aliphatic rings. The average molecular weight is 458 g/mol. The van der Waals surface area contributed by atoms with Crippen molar-refractivity contribution in [1.29, 1.82) is 0 Å². The second-order valence-corrected chi connectivity index (χ2v) is 4.20. The Labute approximate surface area is 173 Å². The van der Waals surface area contributed by atoms with E-state index < -0.39 is 48.1 Å². The van der Waals surface area contributed by atoms with Gasteiger partial charge in [-0.05, 0) is 0 Å². The second-order valence-electron chi connectivity index (χ2n) is 4.20. The molecule has 0 fully saturated rings. The molecule has 0 aromatic carbocycles. The van der Waals surface area contributed by atoms with Crippen LogP contribution in [0.15, 0.2) is 0 Å². The summed E-state index contributed by atoms with van der Waals surface area (Å²) >= 11 is 0. The fourth-order valence-electron chi connectivity index (χ4n) is 1.09. The van der Waals surface area contributed by atoms with Crippen LogP contribution in [0.2, 0.25) is 0 Å². The SMILES string of the molecule is F[C-](F)C(F)(F)C(F)(F)C(F)(F)C(F)(F)C(F)(F)C(F)(F)C(F)(F)F.[K+]. The predicted octanol–water partition coefficient (Wildman–Crippen LogP) is 2.79. The zero-order valence-electron chi connectivity index (χ0n) is 11.4. The third kappa shape index (κ3) is 3.68. The molecule has 0 heterocycles. The van der Waals surface area contributed by atoms with Gasteiger partial charge in [0.15, 0.2) is 0 Å². The summed E-state index contributed by atoms with van der Waals surface area (Å²) in [4.78, 5) is 0. The van der Waals surface area contributed by atoms with E-state index in [-0.39, 0.29) is 51.4 Å². The summed E-state index contributed by atoms with van der Waals surface area (Å²) in [5, 5.41) is 0. The van der Waals surface area contributed by atoms with Gasteiger partial charge in [0.1, 0.15) is 0 Å². The van der Waals surface area contributed by atoms with Crippen LogP contribution in [-0.2, 0) is 0 Å². The Balaban J connectivity index is 0. The van der Waals surface area contributed by atoms with Crippen LogP contribution in [0.5, 0.6) is 0 Å². The molecule has 152 valence electrons. The number of rotatable bonds is 6. The Bertz CT molecular complexity index is 487. The van der Waals surface area contributed by atoms with E-state index in [0.29, 0.717) is 0 Å². The Morgan fingerprint density at radius 3 is 0.846 bits per heavy atom. The average Bonchev–Trinajstić information content (AvgIpc) is 2.35. The van der Waals surface area contributed by atoms with E-state index in [1.54, 1.807) is 0 Å². The van der Waals surface area contributed by atoms with E-state index in [2.05, 4.69) is 0 Å². The zero-order valence-corrected chi connectivity index (χ0v) is 14.5. The van der Waals surface area contributed by atoms with E-state index in [9.17, 15) is 74.6 Å². The fourth-order valence-corrected chi connectivity index (χ4v) is 1.09. The summed E-state index contributed by atoms with van der Waals surface area (Å²) in [7, 11) is 0. The molecule has 0 aromatic heterocycles. The number of alkyl halides is 15. The van der Waals surface area contributed by atoms with Crippen LogP contribution in [0.25, 0.3) is 0 Å². The number of hydrogen-bond donors (Lipinski definition) is 0. The van der Waals surface area contributed by atoms with Gasteiger partial charge in [-0.15, -0.1) is 0 Å². The molecular weight excluding hydrogens is 458 g/mol. The predicted molar refractivity (Wildman–Crippen MR) is 41.2 cm³/mol. The molecule has 0 amide bonds. The molecule has 0 aliphatic carbocycles. The quantitative estimate of drug-likeness (QED) is 0.327. The largest absolute Gasteiger partial charge is 1.00 e. The van der Waals surface area contributed by atoms with Gasteiger partial charge in [-0.25, -0.2) is 8.78 Å². The molecule has 0 aliphatic heterocycles. The third-order valence-corrected chi connectivity index (χ3v) is 2.57. The number of hydrogen-bond acceptors (Lipinski definition) is 0. The Hall–Kier alpha value is 0.446. The Kier molecular flexibility index (Phi) is 8.11. The minimum absolute atomic E-state index is 0. The fraction of sp³-hybridized carbons (Fsp3) is 0.875. The third-order valence-electron chi connectivity index (χ3n) is 2.57. The van der Waals surface area contributed by atoms with Crippen molar-refractivity contribution in [3.8, 4) is 0 Å². The maximum absolute atomic E-state index is 12.7. The van der Waals surface area contributed by atoms with Gasteiger partial charge in [0.2, 0.25) is 0 Å². The maximum Gasteiger partial charge on any atom is 1.00 e. The van der Waals surface area contributed by atoms with E-state index in [0.717, 1.165) is 0 Å².